The van der Waals surface area contributed by atoms with Crippen molar-refractivity contribution >= 4 is 23.0 Å². The van der Waals surface area contributed by atoms with Crippen LogP contribution in [0.5, 0.6) is 0 Å². The number of hydrogen-bond donors (Lipinski definition) is 3. The standard InChI is InChI=1S/C11H14N4O/c1-6-5-9(16)14-15-11(6)7-3-2-4-8(12)10(7)13/h2-4,6H,5,12-13H2,1H3,(H,14,16). The normalized spacial score (nSPS) is 20.2. The van der Waals surface area contributed by atoms with E-state index < -0.39 is 0 Å². The maximum Gasteiger partial charge on any atom is 0.240 e. The predicted octanol–water partition coefficient (Wildman–Crippen LogP) is 0.711. The average molecular weight is 218 g/mol. The Kier molecular flexibility index (Phi) is 2.52. The van der Waals surface area contributed by atoms with Crippen LogP contribution in [0.15, 0.2) is 23.3 Å². The van der Waals surface area contributed by atoms with E-state index in [1.165, 1.54) is 0 Å². The number of anilines is 2. The van der Waals surface area contributed by atoms with E-state index in [4.69, 9.17) is 11.5 Å². The first-order valence-electron chi connectivity index (χ1n) is 5.10. The van der Waals surface area contributed by atoms with Gasteiger partial charge in [0, 0.05) is 17.9 Å². The monoisotopic (exact) mass is 218 g/mol. The van der Waals surface area contributed by atoms with E-state index >= 15 is 0 Å². The van der Waals surface area contributed by atoms with Crippen LogP contribution in [0.3, 0.4) is 0 Å². The van der Waals surface area contributed by atoms with E-state index in [1.54, 1.807) is 6.07 Å². The summed E-state index contributed by atoms with van der Waals surface area (Å²) in [6.07, 6.45) is 0.424. The quantitative estimate of drug-likeness (QED) is 0.606. The number of nitrogen functional groups attached to an aromatic ring is 2. The summed E-state index contributed by atoms with van der Waals surface area (Å²) in [6, 6.07) is 5.43. The molecule has 1 aromatic rings. The topological polar surface area (TPSA) is 93.5 Å². The van der Waals surface area contributed by atoms with Crippen LogP contribution in [0.2, 0.25) is 0 Å². The number of carbonyl (C=O) groups excluding carboxylic acids is 1. The van der Waals surface area contributed by atoms with E-state index in [9.17, 15) is 4.79 Å². The molecule has 0 aromatic heterocycles. The van der Waals surface area contributed by atoms with Gasteiger partial charge in [-0.2, -0.15) is 5.10 Å². The number of para-hydroxylation sites is 1. The number of amides is 1. The molecule has 1 amide bonds. The van der Waals surface area contributed by atoms with Crippen molar-refractivity contribution in [2.75, 3.05) is 11.5 Å². The number of rotatable bonds is 1. The predicted molar refractivity (Wildman–Crippen MR) is 63.7 cm³/mol. The zero-order chi connectivity index (χ0) is 11.7. The Morgan fingerprint density at radius 3 is 2.88 bits per heavy atom. The molecule has 5 heteroatoms. The van der Waals surface area contributed by atoms with Crippen LogP contribution in [-0.4, -0.2) is 11.6 Å². The van der Waals surface area contributed by atoms with Crippen LogP contribution < -0.4 is 16.9 Å². The van der Waals surface area contributed by atoms with Gasteiger partial charge in [-0.1, -0.05) is 19.1 Å². The maximum absolute atomic E-state index is 11.1. The molecule has 0 bridgehead atoms. The fourth-order valence-corrected chi connectivity index (χ4v) is 1.79. The molecule has 1 atom stereocenters. The largest absolute Gasteiger partial charge is 0.397 e. The van der Waals surface area contributed by atoms with E-state index in [-0.39, 0.29) is 11.8 Å². The number of nitrogens with one attached hydrogen (secondary N) is 1. The molecule has 1 heterocycles. The third-order valence-corrected chi connectivity index (χ3v) is 2.68. The van der Waals surface area contributed by atoms with Crippen molar-refractivity contribution in [2.24, 2.45) is 11.0 Å². The smallest absolute Gasteiger partial charge is 0.240 e. The number of benzene rings is 1. The Labute approximate surface area is 93.5 Å². The molecular formula is C11H14N4O. The van der Waals surface area contributed by atoms with Gasteiger partial charge in [0.1, 0.15) is 0 Å². The summed E-state index contributed by atoms with van der Waals surface area (Å²) in [7, 11) is 0. The van der Waals surface area contributed by atoms with Gasteiger partial charge in [0.05, 0.1) is 17.1 Å². The van der Waals surface area contributed by atoms with E-state index in [0.717, 1.165) is 11.3 Å². The van der Waals surface area contributed by atoms with Gasteiger partial charge in [0.15, 0.2) is 0 Å². The van der Waals surface area contributed by atoms with E-state index in [2.05, 4.69) is 10.5 Å². The molecule has 0 aliphatic carbocycles. The van der Waals surface area contributed by atoms with Gasteiger partial charge in [-0.15, -0.1) is 0 Å². The maximum atomic E-state index is 11.1. The Morgan fingerprint density at radius 1 is 1.44 bits per heavy atom. The molecule has 84 valence electrons. The summed E-state index contributed by atoms with van der Waals surface area (Å²) in [6.45, 7) is 1.94. The van der Waals surface area contributed by atoms with Crippen LogP contribution in [0.25, 0.3) is 0 Å². The SMILES string of the molecule is CC1CC(=O)NN=C1c1cccc(N)c1N. The fourth-order valence-electron chi connectivity index (χ4n) is 1.79. The van der Waals surface area contributed by atoms with E-state index in [0.29, 0.717) is 17.8 Å². The number of nitrogens with zero attached hydrogens (tertiary/aromatic N) is 1. The second-order valence-electron chi connectivity index (χ2n) is 3.95. The molecule has 0 saturated heterocycles. The van der Waals surface area contributed by atoms with Crippen LogP contribution in [-0.2, 0) is 4.79 Å². The van der Waals surface area contributed by atoms with Crippen molar-refractivity contribution in [2.45, 2.75) is 13.3 Å². The Balaban J connectivity index is 2.45. The van der Waals surface area contributed by atoms with Crippen molar-refractivity contribution in [1.29, 1.82) is 0 Å². The molecule has 5 nitrogen and oxygen atoms in total. The molecular weight excluding hydrogens is 204 g/mol. The van der Waals surface area contributed by atoms with Gasteiger partial charge in [-0.05, 0) is 6.07 Å². The Hall–Kier alpha value is -2.04. The highest BCUT2D eigenvalue weighted by molar-refractivity contribution is 6.10. The first-order valence-corrected chi connectivity index (χ1v) is 5.10. The third-order valence-electron chi connectivity index (χ3n) is 2.68. The van der Waals surface area contributed by atoms with Crippen LogP contribution in [0.1, 0.15) is 18.9 Å². The minimum atomic E-state index is -0.0706. The molecule has 0 radical (unpaired) electrons. The number of nitrogens with two attached hydrogens (primary N) is 2. The Morgan fingerprint density at radius 2 is 2.19 bits per heavy atom. The first-order chi connectivity index (χ1) is 7.59. The van der Waals surface area contributed by atoms with Crippen LogP contribution in [0.4, 0.5) is 11.4 Å². The summed E-state index contributed by atoms with van der Waals surface area (Å²) in [4.78, 5) is 11.1. The van der Waals surface area contributed by atoms with Crippen molar-refractivity contribution in [3.8, 4) is 0 Å². The lowest BCUT2D eigenvalue weighted by Crippen LogP contribution is -2.32. The van der Waals surface area contributed by atoms with Crippen molar-refractivity contribution < 1.29 is 4.79 Å². The summed E-state index contributed by atoms with van der Waals surface area (Å²) in [5.74, 6) is -0.0171. The summed E-state index contributed by atoms with van der Waals surface area (Å²) in [5, 5.41) is 4.05. The molecule has 1 aliphatic rings. The summed E-state index contributed by atoms with van der Waals surface area (Å²) in [5.41, 5.74) is 16.7. The first kappa shape index (κ1) is 10.5. The van der Waals surface area contributed by atoms with Crippen LogP contribution in [0, 0.1) is 5.92 Å². The molecule has 2 rings (SSSR count). The van der Waals surface area contributed by atoms with Crippen molar-refractivity contribution in [3.05, 3.63) is 23.8 Å². The second-order valence-corrected chi connectivity index (χ2v) is 3.95. The zero-order valence-electron chi connectivity index (χ0n) is 9.03. The van der Waals surface area contributed by atoms with Gasteiger partial charge in [0.25, 0.3) is 0 Å². The second kappa shape index (κ2) is 3.84. The lowest BCUT2D eigenvalue weighted by Gasteiger charge is -2.20. The molecule has 1 unspecified atom stereocenters. The highest BCUT2D eigenvalue weighted by Crippen LogP contribution is 2.25. The lowest BCUT2D eigenvalue weighted by molar-refractivity contribution is -0.121. The average Bonchev–Trinajstić information content (AvgIpc) is 2.23. The lowest BCUT2D eigenvalue weighted by atomic mass is 9.93. The Bertz CT molecular complexity index is 467. The molecule has 1 aromatic carbocycles. The van der Waals surface area contributed by atoms with Gasteiger partial charge < -0.3 is 11.5 Å². The molecule has 5 N–H and O–H groups in total. The number of hydrazone groups is 1. The number of hydrogen-bond acceptors (Lipinski definition) is 4. The fraction of sp³-hybridized carbons (Fsp3) is 0.273. The van der Waals surface area contributed by atoms with Crippen molar-refractivity contribution in [1.82, 2.24) is 5.43 Å². The van der Waals surface area contributed by atoms with Gasteiger partial charge in [-0.3, -0.25) is 4.79 Å². The van der Waals surface area contributed by atoms with Gasteiger partial charge >= 0.3 is 0 Å². The molecule has 1 aliphatic heterocycles. The molecule has 0 fully saturated rings. The summed E-state index contributed by atoms with van der Waals surface area (Å²) >= 11 is 0. The summed E-state index contributed by atoms with van der Waals surface area (Å²) < 4.78 is 0. The van der Waals surface area contributed by atoms with Crippen LogP contribution >= 0.6 is 0 Å². The minimum Gasteiger partial charge on any atom is -0.397 e. The van der Waals surface area contributed by atoms with Gasteiger partial charge in [-0.25, -0.2) is 5.43 Å². The van der Waals surface area contributed by atoms with Crippen molar-refractivity contribution in [3.63, 3.8) is 0 Å². The minimum absolute atomic E-state index is 0.0536. The zero-order valence-corrected chi connectivity index (χ0v) is 9.03. The molecule has 0 spiro atoms. The molecule has 16 heavy (non-hydrogen) atoms. The molecule has 0 saturated carbocycles. The highest BCUT2D eigenvalue weighted by atomic mass is 16.2. The van der Waals surface area contributed by atoms with E-state index in [1.807, 2.05) is 19.1 Å². The third kappa shape index (κ3) is 1.71. The number of carbonyl (C=O) groups is 1. The highest BCUT2D eigenvalue weighted by Gasteiger charge is 2.23. The van der Waals surface area contributed by atoms with Gasteiger partial charge in [0.2, 0.25) is 5.91 Å².